The van der Waals surface area contributed by atoms with Crippen molar-refractivity contribution in [1.82, 2.24) is 20.4 Å². The lowest BCUT2D eigenvalue weighted by atomic mass is 10.00. The Morgan fingerprint density at radius 2 is 1.33 bits per heavy atom. The minimum atomic E-state index is 0.113. The summed E-state index contributed by atoms with van der Waals surface area (Å²) >= 11 is 0. The van der Waals surface area contributed by atoms with Gasteiger partial charge in [0.2, 0.25) is 6.41 Å². The van der Waals surface area contributed by atoms with Crippen LogP contribution in [0.5, 0.6) is 0 Å². The van der Waals surface area contributed by atoms with Crippen LogP contribution in [-0.4, -0.2) is 81.8 Å². The zero-order chi connectivity index (χ0) is 28.2. The molecule has 7 heteroatoms. The summed E-state index contributed by atoms with van der Waals surface area (Å²) in [6.45, 7) is 5.11. The van der Waals surface area contributed by atoms with Crippen LogP contribution in [0.2, 0.25) is 0 Å². The van der Waals surface area contributed by atoms with E-state index in [1.807, 2.05) is 0 Å². The van der Waals surface area contributed by atoms with E-state index in [-0.39, 0.29) is 6.03 Å². The molecular formula is C32H64N4O3. The molecule has 1 saturated heterocycles. The molecule has 2 N–H and O–H groups in total. The number of rotatable bonds is 27. The third-order valence-electron chi connectivity index (χ3n) is 7.98. The van der Waals surface area contributed by atoms with Crippen molar-refractivity contribution in [3.8, 4) is 0 Å². The molecule has 0 bridgehead atoms. The molecule has 0 spiro atoms. The van der Waals surface area contributed by atoms with Crippen LogP contribution in [0.3, 0.4) is 0 Å². The van der Waals surface area contributed by atoms with E-state index in [2.05, 4.69) is 34.5 Å². The van der Waals surface area contributed by atoms with E-state index in [0.717, 1.165) is 84.3 Å². The Morgan fingerprint density at radius 3 is 1.90 bits per heavy atom. The summed E-state index contributed by atoms with van der Waals surface area (Å²) < 4.78 is 5.94. The summed E-state index contributed by atoms with van der Waals surface area (Å²) in [7, 11) is 4.13. The third-order valence-corrected chi connectivity index (χ3v) is 7.98. The van der Waals surface area contributed by atoms with Crippen molar-refractivity contribution in [2.24, 2.45) is 0 Å². The first-order chi connectivity index (χ1) is 19.1. The second-order valence-corrected chi connectivity index (χ2v) is 11.9. The maximum absolute atomic E-state index is 12.6. The van der Waals surface area contributed by atoms with Crippen LogP contribution < -0.4 is 10.6 Å². The van der Waals surface area contributed by atoms with E-state index in [1.54, 1.807) is 0 Å². The van der Waals surface area contributed by atoms with Crippen molar-refractivity contribution in [3.05, 3.63) is 0 Å². The second kappa shape index (κ2) is 26.9. The van der Waals surface area contributed by atoms with Gasteiger partial charge in [0.1, 0.15) is 0 Å². The van der Waals surface area contributed by atoms with Crippen LogP contribution in [0.4, 0.5) is 4.79 Å². The summed E-state index contributed by atoms with van der Waals surface area (Å²) in [5.41, 5.74) is 0. The second-order valence-electron chi connectivity index (χ2n) is 11.9. The van der Waals surface area contributed by atoms with Gasteiger partial charge in [-0.05, 0) is 65.6 Å². The van der Waals surface area contributed by atoms with Crippen molar-refractivity contribution < 1.29 is 14.3 Å². The standard InChI is InChI=1S/C32H64N4O3/c1-35(2)26-21-25-34-32(38)36-27-19-17-22-31(36)23-29-39-28-20-16-14-12-10-8-6-4-3-5-7-9-11-13-15-18-24-33-30-37/h30-31H,3-29H2,1-2H3,(H,33,37)(H,34,38). The van der Waals surface area contributed by atoms with E-state index in [1.165, 1.54) is 96.3 Å². The van der Waals surface area contributed by atoms with Crippen LogP contribution >= 0.6 is 0 Å². The molecule has 3 amide bonds. The molecular weight excluding hydrogens is 488 g/mol. The fraction of sp³-hybridized carbons (Fsp3) is 0.938. The molecule has 1 heterocycles. The van der Waals surface area contributed by atoms with Crippen LogP contribution in [0.15, 0.2) is 0 Å². The number of likely N-dealkylation sites (tertiary alicyclic amines) is 1. The number of ether oxygens (including phenoxy) is 1. The summed E-state index contributed by atoms with van der Waals surface area (Å²) in [6.07, 6.45) is 27.5. The Hall–Kier alpha value is -1.34. The number of unbranched alkanes of at least 4 members (excludes halogenated alkanes) is 15. The average molecular weight is 553 g/mol. The van der Waals surface area contributed by atoms with Crippen LogP contribution in [0, 0.1) is 0 Å². The van der Waals surface area contributed by atoms with Crippen molar-refractivity contribution in [1.29, 1.82) is 0 Å². The van der Waals surface area contributed by atoms with E-state index in [9.17, 15) is 9.59 Å². The Kier molecular flexibility index (Phi) is 24.6. The first-order valence-electron chi connectivity index (χ1n) is 16.6. The highest BCUT2D eigenvalue weighted by atomic mass is 16.5. The molecule has 0 aromatic heterocycles. The third kappa shape index (κ3) is 22.1. The Bertz CT molecular complexity index is 562. The molecule has 0 radical (unpaired) electrons. The number of carbonyl (C=O) groups is 2. The first kappa shape index (κ1) is 35.7. The van der Waals surface area contributed by atoms with Gasteiger partial charge in [0.15, 0.2) is 0 Å². The number of nitrogens with zero attached hydrogens (tertiary/aromatic N) is 2. The predicted molar refractivity (Wildman–Crippen MR) is 164 cm³/mol. The molecule has 1 fully saturated rings. The van der Waals surface area contributed by atoms with E-state index < -0.39 is 0 Å². The van der Waals surface area contributed by atoms with Gasteiger partial charge in [-0.25, -0.2) is 4.79 Å². The van der Waals surface area contributed by atoms with E-state index in [0.29, 0.717) is 6.04 Å². The van der Waals surface area contributed by atoms with Crippen molar-refractivity contribution in [2.45, 2.75) is 141 Å². The average Bonchev–Trinajstić information content (AvgIpc) is 2.94. The highest BCUT2D eigenvalue weighted by molar-refractivity contribution is 5.74. The summed E-state index contributed by atoms with van der Waals surface area (Å²) in [6, 6.07) is 0.448. The van der Waals surface area contributed by atoms with Crippen molar-refractivity contribution >= 4 is 12.4 Å². The Labute approximate surface area is 241 Å². The van der Waals surface area contributed by atoms with Crippen LogP contribution in [-0.2, 0) is 9.53 Å². The van der Waals surface area contributed by atoms with Crippen molar-refractivity contribution in [2.75, 3.05) is 53.5 Å². The summed E-state index contributed by atoms with van der Waals surface area (Å²) in [5.74, 6) is 0. The summed E-state index contributed by atoms with van der Waals surface area (Å²) in [5, 5.41) is 5.84. The highest BCUT2D eigenvalue weighted by Crippen LogP contribution is 2.20. The molecule has 0 aromatic carbocycles. The Morgan fingerprint density at radius 1 is 0.769 bits per heavy atom. The number of carbonyl (C=O) groups excluding carboxylic acids is 2. The minimum Gasteiger partial charge on any atom is -0.381 e. The fourth-order valence-corrected chi connectivity index (χ4v) is 5.55. The molecule has 1 aliphatic rings. The summed E-state index contributed by atoms with van der Waals surface area (Å²) in [4.78, 5) is 27.0. The van der Waals surface area contributed by atoms with Gasteiger partial charge in [0, 0.05) is 38.9 Å². The smallest absolute Gasteiger partial charge is 0.317 e. The largest absolute Gasteiger partial charge is 0.381 e. The zero-order valence-corrected chi connectivity index (χ0v) is 25.9. The molecule has 0 aliphatic carbocycles. The lowest BCUT2D eigenvalue weighted by Gasteiger charge is -2.35. The van der Waals surface area contributed by atoms with Crippen LogP contribution in [0.1, 0.15) is 135 Å². The van der Waals surface area contributed by atoms with Crippen molar-refractivity contribution in [3.63, 3.8) is 0 Å². The monoisotopic (exact) mass is 552 g/mol. The topological polar surface area (TPSA) is 73.9 Å². The number of amides is 3. The van der Waals surface area contributed by atoms with Gasteiger partial charge in [-0.15, -0.1) is 0 Å². The lowest BCUT2D eigenvalue weighted by Crippen LogP contribution is -2.49. The Balaban J connectivity index is 1.84. The number of urea groups is 1. The van der Waals surface area contributed by atoms with Crippen LogP contribution in [0.25, 0.3) is 0 Å². The number of nitrogens with one attached hydrogen (secondary N) is 2. The predicted octanol–water partition coefficient (Wildman–Crippen LogP) is 6.90. The van der Waals surface area contributed by atoms with Gasteiger partial charge < -0.3 is 25.2 Å². The molecule has 1 rings (SSSR count). The number of hydrogen-bond donors (Lipinski definition) is 2. The quantitative estimate of drug-likeness (QED) is 0.0859. The molecule has 39 heavy (non-hydrogen) atoms. The molecule has 1 aliphatic heterocycles. The van der Waals surface area contributed by atoms with Gasteiger partial charge in [-0.1, -0.05) is 89.9 Å². The first-order valence-corrected chi connectivity index (χ1v) is 16.6. The van der Waals surface area contributed by atoms with Gasteiger partial charge in [0.05, 0.1) is 0 Å². The molecule has 0 aromatic rings. The maximum atomic E-state index is 12.6. The molecule has 1 atom stereocenters. The molecule has 1 unspecified atom stereocenters. The zero-order valence-electron chi connectivity index (χ0n) is 25.9. The minimum absolute atomic E-state index is 0.113. The molecule has 230 valence electrons. The fourth-order valence-electron chi connectivity index (χ4n) is 5.55. The number of hydrogen-bond acceptors (Lipinski definition) is 4. The van der Waals surface area contributed by atoms with Gasteiger partial charge in [-0.3, -0.25) is 4.79 Å². The highest BCUT2D eigenvalue weighted by Gasteiger charge is 2.26. The van der Waals surface area contributed by atoms with Gasteiger partial charge in [-0.2, -0.15) is 0 Å². The molecule has 0 saturated carbocycles. The SMILES string of the molecule is CN(C)CCCNC(=O)N1CCCCC1CCOCCCCCCCCCCCCCCCCCCNC=O. The normalized spacial score (nSPS) is 15.6. The van der Waals surface area contributed by atoms with Gasteiger partial charge >= 0.3 is 6.03 Å². The van der Waals surface area contributed by atoms with E-state index >= 15 is 0 Å². The molecule has 7 nitrogen and oxygen atoms in total. The van der Waals surface area contributed by atoms with E-state index in [4.69, 9.17) is 4.74 Å². The lowest BCUT2D eigenvalue weighted by molar-refractivity contribution is -0.109. The van der Waals surface area contributed by atoms with Gasteiger partial charge in [0.25, 0.3) is 0 Å². The maximum Gasteiger partial charge on any atom is 0.317 e. The number of piperidine rings is 1.